The van der Waals surface area contributed by atoms with Crippen LogP contribution in [-0.2, 0) is 0 Å². The van der Waals surface area contributed by atoms with Crippen LogP contribution in [0.5, 0.6) is 0 Å². The first kappa shape index (κ1) is 13.9. The summed E-state index contributed by atoms with van der Waals surface area (Å²) in [4.78, 5) is 0. The van der Waals surface area contributed by atoms with Gasteiger partial charge in [-0.25, -0.2) is 4.39 Å². The minimum absolute atomic E-state index is 0.295. The van der Waals surface area contributed by atoms with Crippen molar-refractivity contribution in [2.75, 3.05) is 0 Å². The predicted octanol–water partition coefficient (Wildman–Crippen LogP) is 5.10. The van der Waals surface area contributed by atoms with Crippen molar-refractivity contribution in [2.24, 2.45) is 0 Å². The summed E-state index contributed by atoms with van der Waals surface area (Å²) in [5, 5.41) is 10.3. The van der Waals surface area contributed by atoms with Crippen LogP contribution in [0.4, 0.5) is 4.39 Å². The van der Waals surface area contributed by atoms with Crippen LogP contribution < -0.4 is 0 Å². The zero-order chi connectivity index (χ0) is 12.6. The van der Waals surface area contributed by atoms with Gasteiger partial charge in [-0.3, -0.25) is 0 Å². The second-order valence-electron chi connectivity index (χ2n) is 3.35. The van der Waals surface area contributed by atoms with E-state index in [9.17, 15) is 9.50 Å². The Morgan fingerprint density at radius 3 is 2.47 bits per heavy atom. The molecule has 1 aromatic heterocycles. The average molecular weight is 492 g/mol. The van der Waals surface area contributed by atoms with Crippen molar-refractivity contribution in [1.29, 1.82) is 0 Å². The maximum absolute atomic E-state index is 13.0. The monoisotopic (exact) mass is 490 g/mol. The average Bonchev–Trinajstić information content (AvgIpc) is 2.57. The van der Waals surface area contributed by atoms with Crippen molar-refractivity contribution in [1.82, 2.24) is 0 Å². The SMILES string of the molecule is OC(c1ccc(F)cc1I)c1cc(Br)sc1Br. The zero-order valence-corrected chi connectivity index (χ0v) is 14.4. The van der Waals surface area contributed by atoms with E-state index < -0.39 is 6.10 Å². The summed E-state index contributed by atoms with van der Waals surface area (Å²) in [5.41, 5.74) is 1.49. The molecular formula is C11H6Br2FIOS. The summed E-state index contributed by atoms with van der Waals surface area (Å²) in [6.45, 7) is 0. The minimum Gasteiger partial charge on any atom is -0.384 e. The summed E-state index contributed by atoms with van der Waals surface area (Å²) < 4.78 is 15.5. The molecule has 1 atom stereocenters. The van der Waals surface area contributed by atoms with Gasteiger partial charge in [-0.1, -0.05) is 6.07 Å². The first-order chi connectivity index (χ1) is 7.99. The number of hydrogen-bond acceptors (Lipinski definition) is 2. The van der Waals surface area contributed by atoms with Crippen molar-refractivity contribution in [3.63, 3.8) is 0 Å². The number of aliphatic hydroxyl groups excluding tert-OH is 1. The van der Waals surface area contributed by atoms with Gasteiger partial charge >= 0.3 is 0 Å². The maximum atomic E-state index is 13.0. The number of hydrogen-bond donors (Lipinski definition) is 1. The smallest absolute Gasteiger partial charge is 0.124 e. The van der Waals surface area contributed by atoms with Crippen LogP contribution in [0.1, 0.15) is 17.2 Å². The third-order valence-corrected chi connectivity index (χ3v) is 5.55. The van der Waals surface area contributed by atoms with E-state index in [2.05, 4.69) is 31.9 Å². The largest absolute Gasteiger partial charge is 0.384 e. The lowest BCUT2D eigenvalue weighted by Crippen LogP contribution is -2.01. The third-order valence-electron chi connectivity index (χ3n) is 2.23. The maximum Gasteiger partial charge on any atom is 0.124 e. The van der Waals surface area contributed by atoms with Gasteiger partial charge in [0.1, 0.15) is 11.9 Å². The van der Waals surface area contributed by atoms with Gasteiger partial charge in [0.25, 0.3) is 0 Å². The Morgan fingerprint density at radius 1 is 1.24 bits per heavy atom. The topological polar surface area (TPSA) is 20.2 Å². The molecule has 0 saturated heterocycles. The van der Waals surface area contributed by atoms with Gasteiger partial charge in [-0.15, -0.1) is 11.3 Å². The lowest BCUT2D eigenvalue weighted by Gasteiger charge is -2.12. The molecule has 0 saturated carbocycles. The molecule has 0 aliphatic rings. The van der Waals surface area contributed by atoms with Crippen molar-refractivity contribution in [3.8, 4) is 0 Å². The molecule has 0 radical (unpaired) electrons. The Morgan fingerprint density at radius 2 is 1.94 bits per heavy atom. The Balaban J connectivity index is 2.43. The summed E-state index contributed by atoms with van der Waals surface area (Å²) in [7, 11) is 0. The fourth-order valence-corrected chi connectivity index (χ4v) is 5.09. The van der Waals surface area contributed by atoms with Crippen LogP contribution in [0.15, 0.2) is 31.8 Å². The van der Waals surface area contributed by atoms with E-state index >= 15 is 0 Å². The molecule has 90 valence electrons. The summed E-state index contributed by atoms with van der Waals surface area (Å²) in [5.74, 6) is -0.295. The van der Waals surface area contributed by atoms with Gasteiger partial charge in [0, 0.05) is 9.13 Å². The molecule has 0 bridgehead atoms. The van der Waals surface area contributed by atoms with E-state index in [1.165, 1.54) is 23.5 Å². The van der Waals surface area contributed by atoms with Crippen LogP contribution in [0.25, 0.3) is 0 Å². The molecule has 1 nitrogen and oxygen atoms in total. The second-order valence-corrected chi connectivity index (χ2v) is 8.26. The van der Waals surface area contributed by atoms with Crippen LogP contribution in [0, 0.1) is 9.39 Å². The molecule has 0 aliphatic carbocycles. The van der Waals surface area contributed by atoms with Gasteiger partial charge in [-0.2, -0.15) is 0 Å². The number of halogens is 4. The van der Waals surface area contributed by atoms with E-state index in [-0.39, 0.29) is 5.82 Å². The summed E-state index contributed by atoms with van der Waals surface area (Å²) in [6.07, 6.45) is -0.751. The van der Waals surface area contributed by atoms with Crippen molar-refractivity contribution in [3.05, 3.63) is 52.4 Å². The van der Waals surface area contributed by atoms with Crippen LogP contribution >= 0.6 is 65.8 Å². The van der Waals surface area contributed by atoms with Gasteiger partial charge in [0.05, 0.1) is 7.57 Å². The molecule has 2 aromatic rings. The lowest BCUT2D eigenvalue weighted by atomic mass is 10.0. The fourth-order valence-electron chi connectivity index (χ4n) is 1.43. The second kappa shape index (κ2) is 5.64. The molecule has 0 spiro atoms. The number of aliphatic hydroxyl groups is 1. The molecule has 17 heavy (non-hydrogen) atoms. The fraction of sp³-hybridized carbons (Fsp3) is 0.0909. The molecule has 0 amide bonds. The minimum atomic E-state index is -0.751. The van der Waals surface area contributed by atoms with E-state index in [0.29, 0.717) is 9.13 Å². The van der Waals surface area contributed by atoms with Crippen LogP contribution in [0.2, 0.25) is 0 Å². The Hall–Kier alpha value is 0.500. The molecule has 0 aliphatic heterocycles. The van der Waals surface area contributed by atoms with Gasteiger partial charge in [-0.05, 0) is 78.2 Å². The predicted molar refractivity (Wildman–Crippen MR) is 82.9 cm³/mol. The molecule has 1 aromatic carbocycles. The standard InChI is InChI=1S/C11H6Br2FIOS/c12-9-4-7(11(13)17-9)10(16)6-2-1-5(14)3-8(6)15/h1-4,10,16H. The quantitative estimate of drug-likeness (QED) is 0.580. The van der Waals surface area contributed by atoms with Crippen molar-refractivity contribution < 1.29 is 9.50 Å². The van der Waals surface area contributed by atoms with E-state index in [0.717, 1.165) is 13.1 Å². The molecule has 1 heterocycles. The Kier molecular flexibility index (Phi) is 4.62. The van der Waals surface area contributed by atoms with E-state index in [1.54, 1.807) is 6.07 Å². The molecule has 0 fully saturated rings. The number of benzene rings is 1. The van der Waals surface area contributed by atoms with Crippen molar-refractivity contribution in [2.45, 2.75) is 6.10 Å². The Bertz CT molecular complexity index is 558. The van der Waals surface area contributed by atoms with Gasteiger partial charge in [0.15, 0.2) is 0 Å². The van der Waals surface area contributed by atoms with Gasteiger partial charge in [0.2, 0.25) is 0 Å². The van der Waals surface area contributed by atoms with Crippen LogP contribution in [-0.4, -0.2) is 5.11 Å². The number of rotatable bonds is 2. The highest BCUT2D eigenvalue weighted by Gasteiger charge is 2.18. The molecule has 1 N–H and O–H groups in total. The number of thiophene rings is 1. The zero-order valence-electron chi connectivity index (χ0n) is 8.25. The first-order valence-corrected chi connectivity index (χ1v) is 8.05. The highest BCUT2D eigenvalue weighted by atomic mass is 127. The van der Waals surface area contributed by atoms with E-state index in [1.807, 2.05) is 28.7 Å². The lowest BCUT2D eigenvalue weighted by molar-refractivity contribution is 0.219. The molecule has 1 unspecified atom stereocenters. The van der Waals surface area contributed by atoms with Gasteiger partial charge < -0.3 is 5.11 Å². The highest BCUT2D eigenvalue weighted by Crippen LogP contribution is 2.38. The normalized spacial score (nSPS) is 12.8. The summed E-state index contributed by atoms with van der Waals surface area (Å²) in [6, 6.07) is 6.24. The first-order valence-electron chi connectivity index (χ1n) is 4.57. The van der Waals surface area contributed by atoms with Crippen LogP contribution in [0.3, 0.4) is 0 Å². The summed E-state index contributed by atoms with van der Waals surface area (Å²) >= 11 is 10.3. The Labute approximate surface area is 132 Å². The third kappa shape index (κ3) is 3.09. The highest BCUT2D eigenvalue weighted by molar-refractivity contribution is 14.1. The van der Waals surface area contributed by atoms with Crippen molar-refractivity contribution >= 4 is 65.8 Å². The molecular weight excluding hydrogens is 486 g/mol. The van der Waals surface area contributed by atoms with E-state index in [4.69, 9.17) is 0 Å². The molecule has 6 heteroatoms. The molecule has 2 rings (SSSR count).